The SMILES string of the molecule is COc1ccc(-n2nc3ccc(NC(=O)c4c(F)c(F)c(OC)c(F)c4F)cc3n2)cc1. The van der Waals surface area contributed by atoms with Gasteiger partial charge in [-0.15, -0.1) is 10.2 Å². The van der Waals surface area contributed by atoms with Crippen LogP contribution >= 0.6 is 0 Å². The molecule has 1 aromatic heterocycles. The molecule has 0 atom stereocenters. The second-order valence-corrected chi connectivity index (χ2v) is 6.51. The minimum absolute atomic E-state index is 0.0831. The number of fused-ring (bicyclic) bond motifs is 1. The van der Waals surface area contributed by atoms with E-state index < -0.39 is 40.5 Å². The minimum atomic E-state index is -1.87. The summed E-state index contributed by atoms with van der Waals surface area (Å²) in [5, 5.41) is 10.8. The third-order valence-corrected chi connectivity index (χ3v) is 4.60. The number of aromatic nitrogens is 3. The molecular weight excluding hydrogens is 432 g/mol. The summed E-state index contributed by atoms with van der Waals surface area (Å²) in [5.41, 5.74) is 0.132. The van der Waals surface area contributed by atoms with E-state index in [-0.39, 0.29) is 5.69 Å². The van der Waals surface area contributed by atoms with Crippen molar-refractivity contribution >= 4 is 22.6 Å². The second-order valence-electron chi connectivity index (χ2n) is 6.51. The Bertz CT molecular complexity index is 1310. The van der Waals surface area contributed by atoms with E-state index in [0.29, 0.717) is 22.5 Å². The Morgan fingerprint density at radius 1 is 0.844 bits per heavy atom. The van der Waals surface area contributed by atoms with Gasteiger partial charge in [-0.05, 0) is 42.5 Å². The fourth-order valence-electron chi connectivity index (χ4n) is 3.01. The number of methoxy groups -OCH3 is 2. The standard InChI is InChI=1S/C21H14F4N4O3/c1-31-12-6-4-11(5-7-12)29-27-13-8-3-10(9-14(13)28-29)26-21(30)15-16(22)18(24)20(32-2)19(25)17(15)23/h3-9H,1-2H3,(H,26,30). The van der Waals surface area contributed by atoms with E-state index in [1.54, 1.807) is 24.3 Å². The Kier molecular flexibility index (Phi) is 5.39. The smallest absolute Gasteiger partial charge is 0.261 e. The van der Waals surface area contributed by atoms with Gasteiger partial charge in [-0.2, -0.15) is 13.6 Å². The van der Waals surface area contributed by atoms with E-state index in [4.69, 9.17) is 4.74 Å². The van der Waals surface area contributed by atoms with Crippen LogP contribution in [0.25, 0.3) is 16.7 Å². The summed E-state index contributed by atoms with van der Waals surface area (Å²) in [5.74, 6) is -9.35. The summed E-state index contributed by atoms with van der Waals surface area (Å²) in [7, 11) is 2.38. The van der Waals surface area contributed by atoms with Gasteiger partial charge in [0, 0.05) is 5.69 Å². The van der Waals surface area contributed by atoms with Crippen molar-refractivity contribution in [1.82, 2.24) is 15.0 Å². The van der Waals surface area contributed by atoms with Gasteiger partial charge < -0.3 is 14.8 Å². The first-order chi connectivity index (χ1) is 15.3. The van der Waals surface area contributed by atoms with Crippen molar-refractivity contribution in [2.45, 2.75) is 0 Å². The topological polar surface area (TPSA) is 78.3 Å². The average molecular weight is 446 g/mol. The Labute approximate surface area is 178 Å². The Morgan fingerprint density at radius 3 is 2.06 bits per heavy atom. The van der Waals surface area contributed by atoms with E-state index in [1.807, 2.05) is 0 Å². The molecule has 0 aliphatic rings. The van der Waals surface area contributed by atoms with Crippen LogP contribution in [-0.2, 0) is 0 Å². The number of hydrogen-bond donors (Lipinski definition) is 1. The van der Waals surface area contributed by atoms with Crippen LogP contribution in [0.5, 0.6) is 11.5 Å². The van der Waals surface area contributed by atoms with Crippen molar-refractivity contribution in [1.29, 1.82) is 0 Å². The van der Waals surface area contributed by atoms with Crippen LogP contribution in [0.15, 0.2) is 42.5 Å². The number of amides is 1. The molecule has 0 spiro atoms. The van der Waals surface area contributed by atoms with E-state index in [9.17, 15) is 22.4 Å². The average Bonchev–Trinajstić information content (AvgIpc) is 3.22. The molecule has 0 bridgehead atoms. The number of carbonyl (C=O) groups excluding carboxylic acids is 1. The highest BCUT2D eigenvalue weighted by Crippen LogP contribution is 2.30. The van der Waals surface area contributed by atoms with Crippen LogP contribution in [-0.4, -0.2) is 35.1 Å². The van der Waals surface area contributed by atoms with Gasteiger partial charge in [0.15, 0.2) is 17.4 Å². The molecule has 1 amide bonds. The molecule has 0 aliphatic heterocycles. The normalized spacial score (nSPS) is 10.9. The monoisotopic (exact) mass is 446 g/mol. The Morgan fingerprint density at radius 2 is 1.47 bits per heavy atom. The summed E-state index contributed by atoms with van der Waals surface area (Å²) in [6.07, 6.45) is 0. The lowest BCUT2D eigenvalue weighted by Crippen LogP contribution is -2.18. The highest BCUT2D eigenvalue weighted by atomic mass is 19.2. The molecule has 7 nitrogen and oxygen atoms in total. The Hall–Kier alpha value is -4.15. The van der Waals surface area contributed by atoms with E-state index >= 15 is 0 Å². The fraction of sp³-hybridized carbons (Fsp3) is 0.0952. The van der Waals surface area contributed by atoms with Crippen LogP contribution in [0.2, 0.25) is 0 Å². The molecule has 164 valence electrons. The third kappa shape index (κ3) is 3.57. The summed E-state index contributed by atoms with van der Waals surface area (Å²) in [6.45, 7) is 0. The highest BCUT2D eigenvalue weighted by molar-refractivity contribution is 6.05. The van der Waals surface area contributed by atoms with Gasteiger partial charge in [0.05, 0.1) is 19.9 Å². The molecular formula is C21H14F4N4O3. The molecule has 0 saturated carbocycles. The molecule has 0 saturated heterocycles. The van der Waals surface area contributed by atoms with Crippen LogP contribution in [0.4, 0.5) is 23.2 Å². The first-order valence-corrected chi connectivity index (χ1v) is 9.07. The maximum atomic E-state index is 14.2. The zero-order valence-electron chi connectivity index (χ0n) is 16.6. The third-order valence-electron chi connectivity index (χ3n) is 4.60. The first-order valence-electron chi connectivity index (χ1n) is 9.07. The molecule has 4 aromatic rings. The molecule has 0 aliphatic carbocycles. The van der Waals surface area contributed by atoms with Crippen LogP contribution < -0.4 is 14.8 Å². The largest absolute Gasteiger partial charge is 0.497 e. The number of ether oxygens (including phenoxy) is 2. The zero-order chi connectivity index (χ0) is 23.0. The molecule has 3 aromatic carbocycles. The second kappa shape index (κ2) is 8.17. The van der Waals surface area contributed by atoms with Gasteiger partial charge in [0.25, 0.3) is 5.91 Å². The molecule has 0 radical (unpaired) electrons. The summed E-state index contributed by atoms with van der Waals surface area (Å²) in [6, 6.07) is 11.2. The lowest BCUT2D eigenvalue weighted by Gasteiger charge is -2.11. The number of nitrogens with zero attached hydrogens (tertiary/aromatic N) is 3. The molecule has 1 N–H and O–H groups in total. The van der Waals surface area contributed by atoms with Crippen molar-refractivity contribution in [2.24, 2.45) is 0 Å². The quantitative estimate of drug-likeness (QED) is 0.367. The van der Waals surface area contributed by atoms with Gasteiger partial charge in [0.2, 0.25) is 11.6 Å². The molecule has 4 rings (SSSR count). The summed E-state index contributed by atoms with van der Waals surface area (Å²) < 4.78 is 65.6. The van der Waals surface area contributed by atoms with Crippen LogP contribution in [0.1, 0.15) is 10.4 Å². The van der Waals surface area contributed by atoms with Gasteiger partial charge in [0.1, 0.15) is 22.3 Å². The van der Waals surface area contributed by atoms with Crippen molar-refractivity contribution in [3.63, 3.8) is 0 Å². The molecule has 11 heteroatoms. The maximum absolute atomic E-state index is 14.2. The van der Waals surface area contributed by atoms with E-state index in [0.717, 1.165) is 7.11 Å². The van der Waals surface area contributed by atoms with Gasteiger partial charge in [-0.25, -0.2) is 8.78 Å². The number of hydrogen-bond acceptors (Lipinski definition) is 5. The van der Waals surface area contributed by atoms with Gasteiger partial charge in [-0.1, -0.05) is 0 Å². The maximum Gasteiger partial charge on any atom is 0.261 e. The van der Waals surface area contributed by atoms with Crippen molar-refractivity contribution in [2.75, 3.05) is 19.5 Å². The number of halogens is 4. The van der Waals surface area contributed by atoms with Crippen molar-refractivity contribution in [3.8, 4) is 17.2 Å². The molecule has 32 heavy (non-hydrogen) atoms. The summed E-state index contributed by atoms with van der Waals surface area (Å²) >= 11 is 0. The molecule has 1 heterocycles. The van der Waals surface area contributed by atoms with Gasteiger partial charge >= 0.3 is 0 Å². The van der Waals surface area contributed by atoms with Crippen LogP contribution in [0, 0.1) is 23.3 Å². The predicted molar refractivity (Wildman–Crippen MR) is 106 cm³/mol. The predicted octanol–water partition coefficient (Wildman–Crippen LogP) is 4.25. The van der Waals surface area contributed by atoms with Crippen molar-refractivity contribution in [3.05, 3.63) is 71.3 Å². The first kappa shape index (κ1) is 21.1. The highest BCUT2D eigenvalue weighted by Gasteiger charge is 2.30. The number of nitrogens with one attached hydrogen (secondary N) is 1. The number of carbonyl (C=O) groups is 1. The van der Waals surface area contributed by atoms with Crippen LogP contribution in [0.3, 0.4) is 0 Å². The lowest BCUT2D eigenvalue weighted by atomic mass is 10.1. The minimum Gasteiger partial charge on any atom is -0.497 e. The molecule has 0 fully saturated rings. The lowest BCUT2D eigenvalue weighted by molar-refractivity contribution is 0.101. The number of anilines is 1. The number of benzene rings is 3. The van der Waals surface area contributed by atoms with E-state index in [1.165, 1.54) is 30.1 Å². The zero-order valence-corrected chi connectivity index (χ0v) is 16.6. The molecule has 0 unspecified atom stereocenters. The van der Waals surface area contributed by atoms with E-state index in [2.05, 4.69) is 20.3 Å². The summed E-state index contributed by atoms with van der Waals surface area (Å²) in [4.78, 5) is 13.7. The van der Waals surface area contributed by atoms with Crippen molar-refractivity contribution < 1.29 is 31.8 Å². The Balaban J connectivity index is 1.64. The van der Waals surface area contributed by atoms with Gasteiger partial charge in [-0.3, -0.25) is 4.79 Å². The number of rotatable bonds is 5. The fourth-order valence-corrected chi connectivity index (χ4v) is 3.01.